The van der Waals surface area contributed by atoms with Crippen molar-refractivity contribution in [2.24, 2.45) is 5.92 Å². The van der Waals surface area contributed by atoms with Crippen LogP contribution >= 0.6 is 0 Å². The van der Waals surface area contributed by atoms with Crippen molar-refractivity contribution in [3.05, 3.63) is 0 Å². The molecule has 0 aromatic carbocycles. The maximum Gasteiger partial charge on any atom is 0.293 e. The number of ether oxygens (including phenoxy) is 1. The van der Waals surface area contributed by atoms with Crippen molar-refractivity contribution in [2.75, 3.05) is 0 Å². The molecule has 0 unspecified atom stereocenters. The summed E-state index contributed by atoms with van der Waals surface area (Å²) in [6.07, 6.45) is 0. The molecule has 9 heavy (non-hydrogen) atoms. The summed E-state index contributed by atoms with van der Waals surface area (Å²) in [6, 6.07) is 0. The molecule has 0 heterocycles. The van der Waals surface area contributed by atoms with Crippen molar-refractivity contribution in [1.82, 2.24) is 0 Å². The molecule has 0 aromatic heterocycles. The maximum absolute atomic E-state index is 9.90. The predicted octanol–water partition coefficient (Wildman–Crippen LogP) is 1.59. The number of hydrogen-bond donors (Lipinski definition) is 0. The summed E-state index contributed by atoms with van der Waals surface area (Å²) < 4.78 is 4.81. The molecular weight excluding hydrogens is 116 g/mol. The monoisotopic (exact) mass is 130 g/mol. The van der Waals surface area contributed by atoms with Crippen molar-refractivity contribution in [3.8, 4) is 0 Å². The minimum absolute atomic E-state index is 0.318. The molecule has 0 radical (unpaired) electrons. The van der Waals surface area contributed by atoms with Crippen LogP contribution in [0.5, 0.6) is 0 Å². The molecule has 0 saturated carbocycles. The molecular formula is C7H14O2. The minimum Gasteiger partial charge on any atom is -0.462 e. The topological polar surface area (TPSA) is 26.3 Å². The van der Waals surface area contributed by atoms with Gasteiger partial charge in [0.1, 0.15) is 5.60 Å². The SMILES string of the molecule is CC(C)C(C)(C)OC=O. The molecule has 0 bridgehead atoms. The Morgan fingerprint density at radius 1 is 1.44 bits per heavy atom. The van der Waals surface area contributed by atoms with Gasteiger partial charge in [0.15, 0.2) is 0 Å². The normalized spacial score (nSPS) is 11.7. The zero-order chi connectivity index (χ0) is 7.49. The highest BCUT2D eigenvalue weighted by atomic mass is 16.5. The zero-order valence-corrected chi connectivity index (χ0v) is 6.47. The Morgan fingerprint density at radius 3 is 2.00 bits per heavy atom. The van der Waals surface area contributed by atoms with E-state index in [2.05, 4.69) is 0 Å². The molecule has 2 heteroatoms. The van der Waals surface area contributed by atoms with Crippen LogP contribution in [0.15, 0.2) is 0 Å². The van der Waals surface area contributed by atoms with E-state index in [0.29, 0.717) is 12.4 Å². The highest BCUT2D eigenvalue weighted by Gasteiger charge is 2.22. The fourth-order valence-electron chi connectivity index (χ4n) is 0.260. The Bertz CT molecular complexity index is 95.1. The third kappa shape index (κ3) is 2.49. The largest absolute Gasteiger partial charge is 0.462 e. The summed E-state index contributed by atoms with van der Waals surface area (Å²) in [5.74, 6) is 0.364. The Hall–Kier alpha value is -0.530. The molecule has 0 aliphatic rings. The van der Waals surface area contributed by atoms with Gasteiger partial charge in [0.2, 0.25) is 0 Å². The molecule has 0 aliphatic heterocycles. The summed E-state index contributed by atoms with van der Waals surface area (Å²) in [4.78, 5) is 9.90. The van der Waals surface area contributed by atoms with Crippen molar-refractivity contribution < 1.29 is 9.53 Å². The van der Waals surface area contributed by atoms with E-state index in [4.69, 9.17) is 4.74 Å². The van der Waals surface area contributed by atoms with E-state index in [1.54, 1.807) is 0 Å². The van der Waals surface area contributed by atoms with Crippen LogP contribution in [-0.2, 0) is 9.53 Å². The van der Waals surface area contributed by atoms with Crippen molar-refractivity contribution in [2.45, 2.75) is 33.3 Å². The average Bonchev–Trinajstić information content (AvgIpc) is 1.65. The van der Waals surface area contributed by atoms with E-state index in [1.807, 2.05) is 27.7 Å². The quantitative estimate of drug-likeness (QED) is 0.542. The lowest BCUT2D eigenvalue weighted by Crippen LogP contribution is -2.30. The lowest BCUT2D eigenvalue weighted by molar-refractivity contribution is -0.144. The van der Waals surface area contributed by atoms with Crippen LogP contribution in [0.25, 0.3) is 0 Å². The molecule has 2 nitrogen and oxygen atoms in total. The second-order valence-corrected chi connectivity index (χ2v) is 2.97. The predicted molar refractivity (Wildman–Crippen MR) is 36.1 cm³/mol. The van der Waals surface area contributed by atoms with Crippen LogP contribution in [-0.4, -0.2) is 12.1 Å². The third-order valence-electron chi connectivity index (χ3n) is 1.74. The third-order valence-corrected chi connectivity index (χ3v) is 1.74. The van der Waals surface area contributed by atoms with E-state index in [-0.39, 0.29) is 5.60 Å². The van der Waals surface area contributed by atoms with E-state index in [9.17, 15) is 4.79 Å². The smallest absolute Gasteiger partial charge is 0.293 e. The summed E-state index contributed by atoms with van der Waals surface area (Å²) in [5.41, 5.74) is -0.318. The van der Waals surface area contributed by atoms with Gasteiger partial charge in [0, 0.05) is 0 Å². The summed E-state index contributed by atoms with van der Waals surface area (Å²) >= 11 is 0. The van der Waals surface area contributed by atoms with Crippen molar-refractivity contribution in [1.29, 1.82) is 0 Å². The van der Waals surface area contributed by atoms with Gasteiger partial charge < -0.3 is 4.74 Å². The first-order chi connectivity index (χ1) is 4.00. The Balaban J connectivity index is 3.84. The second-order valence-electron chi connectivity index (χ2n) is 2.97. The lowest BCUT2D eigenvalue weighted by atomic mass is 9.95. The van der Waals surface area contributed by atoms with Gasteiger partial charge in [-0.15, -0.1) is 0 Å². The van der Waals surface area contributed by atoms with Gasteiger partial charge in [-0.25, -0.2) is 0 Å². The van der Waals surface area contributed by atoms with Crippen molar-refractivity contribution >= 4 is 6.47 Å². The first kappa shape index (κ1) is 8.47. The van der Waals surface area contributed by atoms with Gasteiger partial charge in [0.05, 0.1) is 0 Å². The number of rotatable bonds is 3. The molecule has 0 fully saturated rings. The summed E-state index contributed by atoms with van der Waals surface area (Å²) in [5, 5.41) is 0. The Labute approximate surface area is 56.2 Å². The highest BCUT2D eigenvalue weighted by molar-refractivity contribution is 5.38. The second kappa shape index (κ2) is 2.85. The van der Waals surface area contributed by atoms with Gasteiger partial charge in [0.25, 0.3) is 6.47 Å². The summed E-state index contributed by atoms with van der Waals surface area (Å²) in [7, 11) is 0. The van der Waals surface area contributed by atoms with E-state index >= 15 is 0 Å². The highest BCUT2D eigenvalue weighted by Crippen LogP contribution is 2.18. The van der Waals surface area contributed by atoms with E-state index < -0.39 is 0 Å². The number of carbonyl (C=O) groups excluding carboxylic acids is 1. The van der Waals surface area contributed by atoms with Gasteiger partial charge >= 0.3 is 0 Å². The van der Waals surface area contributed by atoms with Crippen LogP contribution in [0.4, 0.5) is 0 Å². The molecule has 0 aromatic rings. The van der Waals surface area contributed by atoms with Crippen LogP contribution < -0.4 is 0 Å². The molecule has 0 saturated heterocycles. The summed E-state index contributed by atoms with van der Waals surface area (Å²) in [6.45, 7) is 8.32. The Morgan fingerprint density at radius 2 is 1.89 bits per heavy atom. The molecule has 54 valence electrons. The minimum atomic E-state index is -0.318. The van der Waals surface area contributed by atoms with E-state index in [0.717, 1.165) is 0 Å². The average molecular weight is 130 g/mol. The molecule has 0 spiro atoms. The number of carbonyl (C=O) groups is 1. The van der Waals surface area contributed by atoms with Crippen LogP contribution in [0, 0.1) is 5.92 Å². The zero-order valence-electron chi connectivity index (χ0n) is 6.47. The first-order valence-electron chi connectivity index (χ1n) is 3.12. The van der Waals surface area contributed by atoms with Crippen molar-refractivity contribution in [3.63, 3.8) is 0 Å². The van der Waals surface area contributed by atoms with Gasteiger partial charge in [-0.2, -0.15) is 0 Å². The van der Waals surface area contributed by atoms with Gasteiger partial charge in [-0.1, -0.05) is 13.8 Å². The van der Waals surface area contributed by atoms with Gasteiger partial charge in [-0.05, 0) is 19.8 Å². The fourth-order valence-corrected chi connectivity index (χ4v) is 0.260. The lowest BCUT2D eigenvalue weighted by Gasteiger charge is -2.26. The van der Waals surface area contributed by atoms with Crippen LogP contribution in [0.2, 0.25) is 0 Å². The van der Waals surface area contributed by atoms with Crippen LogP contribution in [0.1, 0.15) is 27.7 Å². The molecule has 0 aliphatic carbocycles. The molecule has 0 atom stereocenters. The molecule has 0 rings (SSSR count). The standard InChI is InChI=1S/C7H14O2/c1-6(2)7(3,4)9-5-8/h5-6H,1-4H3. The molecule has 0 N–H and O–H groups in total. The Kier molecular flexibility index (Phi) is 2.68. The maximum atomic E-state index is 9.90. The first-order valence-corrected chi connectivity index (χ1v) is 3.12. The van der Waals surface area contributed by atoms with Gasteiger partial charge in [-0.3, -0.25) is 4.79 Å². The van der Waals surface area contributed by atoms with E-state index in [1.165, 1.54) is 0 Å². The molecule has 0 amide bonds. The fraction of sp³-hybridized carbons (Fsp3) is 0.857. The number of hydrogen-bond acceptors (Lipinski definition) is 2. The van der Waals surface area contributed by atoms with Crippen LogP contribution in [0.3, 0.4) is 0 Å².